The fourth-order valence-corrected chi connectivity index (χ4v) is 1.39. The number of carboxylic acids is 2. The average Bonchev–Trinajstić information content (AvgIpc) is 2.28. The molecule has 0 radical (unpaired) electrons. The molecule has 118 valence electrons. The first-order valence-electron chi connectivity index (χ1n) is 6.57. The number of aliphatic carboxylic acids is 2. The molecule has 0 aliphatic carbocycles. The first-order chi connectivity index (χ1) is 9.14. The van der Waals surface area contributed by atoms with Crippen molar-refractivity contribution in [3.63, 3.8) is 0 Å². The van der Waals surface area contributed by atoms with E-state index in [1.54, 1.807) is 7.11 Å². The van der Waals surface area contributed by atoms with Crippen molar-refractivity contribution < 1.29 is 29.3 Å². The van der Waals surface area contributed by atoms with E-state index in [-0.39, 0.29) is 5.60 Å². The van der Waals surface area contributed by atoms with Gasteiger partial charge in [-0.2, -0.15) is 0 Å². The van der Waals surface area contributed by atoms with Crippen LogP contribution in [0.1, 0.15) is 52.9 Å². The summed E-state index contributed by atoms with van der Waals surface area (Å²) in [6, 6.07) is 0. The summed E-state index contributed by atoms with van der Waals surface area (Å²) in [6.07, 6.45) is 4.20. The number of carbonyl (C=O) groups excluding carboxylic acids is 1. The molecule has 0 aliphatic rings. The lowest BCUT2D eigenvalue weighted by atomic mass is 9.95. The number of methoxy groups -OCH3 is 1. The maximum atomic E-state index is 10.2. The van der Waals surface area contributed by atoms with Gasteiger partial charge in [0.1, 0.15) is 12.7 Å². The molecule has 0 heterocycles. The minimum absolute atomic E-state index is 0.0130. The van der Waals surface area contributed by atoms with Gasteiger partial charge in [-0.15, -0.1) is 0 Å². The van der Waals surface area contributed by atoms with Crippen LogP contribution in [0.5, 0.6) is 0 Å². The summed E-state index contributed by atoms with van der Waals surface area (Å²) in [6.45, 7) is 6.31. The van der Waals surface area contributed by atoms with Gasteiger partial charge >= 0.3 is 11.9 Å². The van der Waals surface area contributed by atoms with Crippen LogP contribution in [0, 0.1) is 5.92 Å². The van der Waals surface area contributed by atoms with E-state index in [1.807, 2.05) is 0 Å². The van der Waals surface area contributed by atoms with Gasteiger partial charge < -0.3 is 19.7 Å². The third-order valence-corrected chi connectivity index (χ3v) is 2.83. The molecule has 6 heteroatoms. The summed E-state index contributed by atoms with van der Waals surface area (Å²) in [5.41, 5.74) is -0.0130. The van der Waals surface area contributed by atoms with Crippen LogP contribution < -0.4 is 0 Å². The number of hydrogen-bond acceptors (Lipinski definition) is 4. The third kappa shape index (κ3) is 16.6. The second kappa shape index (κ2) is 11.4. The quantitative estimate of drug-likeness (QED) is 0.499. The molecule has 0 fully saturated rings. The molecule has 1 unspecified atom stereocenters. The van der Waals surface area contributed by atoms with Crippen LogP contribution in [0.25, 0.3) is 0 Å². The summed E-state index contributed by atoms with van der Waals surface area (Å²) < 4.78 is 5.31. The molecule has 2 N–H and O–H groups in total. The van der Waals surface area contributed by atoms with Gasteiger partial charge in [0.15, 0.2) is 0 Å². The normalized spacial score (nSPS) is 12.0. The van der Waals surface area contributed by atoms with Gasteiger partial charge in [-0.3, -0.25) is 9.59 Å². The summed E-state index contributed by atoms with van der Waals surface area (Å²) >= 11 is 0. The average molecular weight is 290 g/mol. The van der Waals surface area contributed by atoms with E-state index in [2.05, 4.69) is 20.8 Å². The van der Waals surface area contributed by atoms with Crippen molar-refractivity contribution in [2.75, 3.05) is 7.11 Å². The highest BCUT2D eigenvalue weighted by Crippen LogP contribution is 2.19. The van der Waals surface area contributed by atoms with Crippen molar-refractivity contribution in [2.45, 2.75) is 58.5 Å². The van der Waals surface area contributed by atoms with Crippen LogP contribution in [0.3, 0.4) is 0 Å². The summed E-state index contributed by atoms with van der Waals surface area (Å²) in [5.74, 6) is -2.11. The number of carbonyl (C=O) groups is 3. The molecule has 0 spiro atoms. The van der Waals surface area contributed by atoms with Gasteiger partial charge in [0, 0.05) is 13.5 Å². The number of ether oxygens (including phenoxy) is 1. The van der Waals surface area contributed by atoms with Gasteiger partial charge in [-0.1, -0.05) is 19.8 Å². The lowest BCUT2D eigenvalue weighted by molar-refractivity contribution is -0.147. The molecule has 0 amide bonds. The van der Waals surface area contributed by atoms with Crippen molar-refractivity contribution >= 4 is 18.2 Å². The second-order valence-corrected chi connectivity index (χ2v) is 5.33. The van der Waals surface area contributed by atoms with Crippen LogP contribution in [-0.2, 0) is 19.1 Å². The van der Waals surface area contributed by atoms with Gasteiger partial charge in [0.05, 0.1) is 5.60 Å². The SMILES string of the molecule is COC(C)(C)CCCC(C)CC=O.O=C(O)CC(=O)O. The Morgan fingerprint density at radius 1 is 1.25 bits per heavy atom. The maximum absolute atomic E-state index is 10.2. The molecule has 6 nitrogen and oxygen atoms in total. The van der Waals surface area contributed by atoms with Crippen molar-refractivity contribution in [1.82, 2.24) is 0 Å². The van der Waals surface area contributed by atoms with E-state index in [9.17, 15) is 14.4 Å². The van der Waals surface area contributed by atoms with Crippen LogP contribution in [0.15, 0.2) is 0 Å². The molecule has 0 aromatic carbocycles. The zero-order valence-electron chi connectivity index (χ0n) is 12.7. The Balaban J connectivity index is 0. The molecule has 0 saturated carbocycles. The van der Waals surface area contributed by atoms with Crippen molar-refractivity contribution in [1.29, 1.82) is 0 Å². The number of carboxylic acid groups (broad SMARTS) is 2. The van der Waals surface area contributed by atoms with Crippen molar-refractivity contribution in [2.24, 2.45) is 5.92 Å². The molecule has 0 saturated heterocycles. The van der Waals surface area contributed by atoms with E-state index in [1.165, 1.54) is 0 Å². The molecule has 0 rings (SSSR count). The van der Waals surface area contributed by atoms with E-state index in [0.717, 1.165) is 25.5 Å². The number of aldehydes is 1. The largest absolute Gasteiger partial charge is 0.481 e. The highest BCUT2D eigenvalue weighted by molar-refractivity contribution is 5.88. The number of hydrogen-bond donors (Lipinski definition) is 2. The monoisotopic (exact) mass is 290 g/mol. The van der Waals surface area contributed by atoms with Crippen molar-refractivity contribution in [3.05, 3.63) is 0 Å². The van der Waals surface area contributed by atoms with E-state index in [0.29, 0.717) is 12.3 Å². The third-order valence-electron chi connectivity index (χ3n) is 2.83. The lowest BCUT2D eigenvalue weighted by Gasteiger charge is -2.23. The molecule has 0 bridgehead atoms. The molecule has 0 aromatic rings. The van der Waals surface area contributed by atoms with E-state index >= 15 is 0 Å². The Hall–Kier alpha value is -1.43. The van der Waals surface area contributed by atoms with Gasteiger partial charge in [0.2, 0.25) is 0 Å². The predicted octanol–water partition coefficient (Wildman–Crippen LogP) is 2.35. The molecular weight excluding hydrogens is 264 g/mol. The molecular formula is C14H26O6. The first-order valence-corrected chi connectivity index (χ1v) is 6.57. The standard InChI is InChI=1S/C11H22O2.C3H4O4/c1-10(7-9-12)6-5-8-11(2,3)13-4;4-2(5)1-3(6)7/h9-10H,5-8H2,1-4H3;1H2,(H,4,5)(H,6,7). The zero-order chi connectivity index (χ0) is 16.2. The Morgan fingerprint density at radius 2 is 1.75 bits per heavy atom. The number of rotatable bonds is 9. The molecule has 1 atom stereocenters. The Kier molecular flexibility index (Phi) is 11.9. The van der Waals surface area contributed by atoms with Crippen LogP contribution >= 0.6 is 0 Å². The Labute approximate surface area is 120 Å². The van der Waals surface area contributed by atoms with Crippen molar-refractivity contribution in [3.8, 4) is 0 Å². The van der Waals surface area contributed by atoms with E-state index < -0.39 is 18.4 Å². The summed E-state index contributed by atoms with van der Waals surface area (Å²) in [7, 11) is 1.74. The molecule has 0 aromatic heterocycles. The highest BCUT2D eigenvalue weighted by Gasteiger charge is 2.15. The minimum Gasteiger partial charge on any atom is -0.481 e. The highest BCUT2D eigenvalue weighted by atomic mass is 16.5. The van der Waals surface area contributed by atoms with Crippen LogP contribution in [0.4, 0.5) is 0 Å². The summed E-state index contributed by atoms with van der Waals surface area (Å²) in [4.78, 5) is 29.1. The van der Waals surface area contributed by atoms with Gasteiger partial charge in [-0.25, -0.2) is 0 Å². The maximum Gasteiger partial charge on any atom is 0.314 e. The molecule has 0 aliphatic heterocycles. The smallest absolute Gasteiger partial charge is 0.314 e. The van der Waals surface area contributed by atoms with Crippen LogP contribution in [0.2, 0.25) is 0 Å². The van der Waals surface area contributed by atoms with Gasteiger partial charge in [-0.05, 0) is 26.2 Å². The van der Waals surface area contributed by atoms with E-state index in [4.69, 9.17) is 14.9 Å². The van der Waals surface area contributed by atoms with Crippen LogP contribution in [-0.4, -0.2) is 41.1 Å². The Bertz CT molecular complexity index is 286. The van der Waals surface area contributed by atoms with Gasteiger partial charge in [0.25, 0.3) is 0 Å². The first kappa shape index (κ1) is 20.9. The second-order valence-electron chi connectivity index (χ2n) is 5.33. The molecule has 20 heavy (non-hydrogen) atoms. The minimum atomic E-state index is -1.31. The predicted molar refractivity (Wildman–Crippen MR) is 74.7 cm³/mol. The topological polar surface area (TPSA) is 101 Å². The fraction of sp³-hybridized carbons (Fsp3) is 0.786. The Morgan fingerprint density at radius 3 is 2.05 bits per heavy atom. The summed E-state index contributed by atoms with van der Waals surface area (Å²) in [5, 5.41) is 15.4. The fourth-order valence-electron chi connectivity index (χ4n) is 1.39. The zero-order valence-corrected chi connectivity index (χ0v) is 12.7. The lowest BCUT2D eigenvalue weighted by Crippen LogP contribution is -2.22.